The van der Waals surface area contributed by atoms with Crippen molar-refractivity contribution in [2.75, 3.05) is 13.1 Å². The first-order valence-electron chi connectivity index (χ1n) is 6.15. The molecule has 3 heteroatoms. The van der Waals surface area contributed by atoms with Crippen molar-refractivity contribution in [3.8, 4) is 0 Å². The monoisotopic (exact) mass is 212 g/mol. The van der Waals surface area contributed by atoms with Crippen LogP contribution in [0.2, 0.25) is 0 Å². The first kappa shape index (κ1) is 12.5. The molecule has 0 atom stereocenters. The summed E-state index contributed by atoms with van der Waals surface area (Å²) in [6.45, 7) is 5.61. The van der Waals surface area contributed by atoms with E-state index in [0.717, 1.165) is 19.4 Å². The van der Waals surface area contributed by atoms with Crippen LogP contribution in [0.1, 0.15) is 46.0 Å². The van der Waals surface area contributed by atoms with Crippen molar-refractivity contribution in [3.63, 3.8) is 0 Å². The summed E-state index contributed by atoms with van der Waals surface area (Å²) in [7, 11) is 0. The maximum atomic E-state index is 11.8. The zero-order valence-electron chi connectivity index (χ0n) is 10.0. The van der Waals surface area contributed by atoms with Gasteiger partial charge in [0, 0.05) is 12.5 Å². The fourth-order valence-corrected chi connectivity index (χ4v) is 2.21. The maximum Gasteiger partial charge on any atom is 0.223 e. The van der Waals surface area contributed by atoms with Crippen LogP contribution in [0.15, 0.2) is 0 Å². The smallest absolute Gasteiger partial charge is 0.223 e. The first-order valence-corrected chi connectivity index (χ1v) is 6.15. The molecule has 0 unspecified atom stereocenters. The summed E-state index contributed by atoms with van der Waals surface area (Å²) in [5, 5.41) is 3.06. The van der Waals surface area contributed by atoms with Gasteiger partial charge in [0.2, 0.25) is 5.91 Å². The van der Waals surface area contributed by atoms with Crippen LogP contribution in [0.4, 0.5) is 0 Å². The molecule has 15 heavy (non-hydrogen) atoms. The van der Waals surface area contributed by atoms with Gasteiger partial charge in [-0.05, 0) is 37.6 Å². The molecule has 88 valence electrons. The topological polar surface area (TPSA) is 55.1 Å². The molecule has 0 aromatic rings. The van der Waals surface area contributed by atoms with Crippen LogP contribution in [0, 0.1) is 11.3 Å². The number of rotatable bonds is 6. The Hall–Kier alpha value is -0.570. The molecule has 0 spiro atoms. The van der Waals surface area contributed by atoms with Crippen LogP contribution in [0.5, 0.6) is 0 Å². The molecule has 3 nitrogen and oxygen atoms in total. The van der Waals surface area contributed by atoms with Crippen molar-refractivity contribution >= 4 is 5.91 Å². The second-order valence-corrected chi connectivity index (χ2v) is 4.79. The first-order chi connectivity index (χ1) is 7.17. The quantitative estimate of drug-likeness (QED) is 0.703. The van der Waals surface area contributed by atoms with Crippen LogP contribution >= 0.6 is 0 Å². The molecule has 1 fully saturated rings. The third-order valence-corrected chi connectivity index (χ3v) is 3.84. The molecule has 1 aliphatic rings. The van der Waals surface area contributed by atoms with Crippen LogP contribution in [-0.2, 0) is 4.79 Å². The van der Waals surface area contributed by atoms with E-state index in [1.54, 1.807) is 0 Å². The Morgan fingerprint density at radius 3 is 2.33 bits per heavy atom. The van der Waals surface area contributed by atoms with Crippen LogP contribution in [-0.4, -0.2) is 19.0 Å². The highest BCUT2D eigenvalue weighted by atomic mass is 16.1. The van der Waals surface area contributed by atoms with Gasteiger partial charge in [-0.25, -0.2) is 0 Å². The Kier molecular flexibility index (Phi) is 4.58. The molecule has 1 rings (SSSR count). The van der Waals surface area contributed by atoms with E-state index >= 15 is 0 Å². The van der Waals surface area contributed by atoms with Crippen molar-refractivity contribution in [2.45, 2.75) is 46.0 Å². The molecule has 0 aromatic heterocycles. The lowest BCUT2D eigenvalue weighted by molar-refractivity contribution is -0.126. The lowest BCUT2D eigenvalue weighted by atomic mass is 9.69. The Balaban J connectivity index is 2.32. The van der Waals surface area contributed by atoms with Gasteiger partial charge in [0.15, 0.2) is 0 Å². The summed E-state index contributed by atoms with van der Waals surface area (Å²) < 4.78 is 0. The number of nitrogens with two attached hydrogens (primary N) is 1. The third-order valence-electron chi connectivity index (χ3n) is 3.84. The third kappa shape index (κ3) is 2.94. The van der Waals surface area contributed by atoms with Crippen LogP contribution < -0.4 is 11.1 Å². The fourth-order valence-electron chi connectivity index (χ4n) is 2.21. The van der Waals surface area contributed by atoms with E-state index in [1.165, 1.54) is 19.3 Å². The van der Waals surface area contributed by atoms with E-state index in [9.17, 15) is 4.79 Å². The Morgan fingerprint density at radius 2 is 2.00 bits per heavy atom. The van der Waals surface area contributed by atoms with Gasteiger partial charge >= 0.3 is 0 Å². The lowest BCUT2D eigenvalue weighted by Crippen LogP contribution is -2.48. The van der Waals surface area contributed by atoms with Crippen molar-refractivity contribution in [3.05, 3.63) is 0 Å². The minimum Gasteiger partial charge on any atom is -0.355 e. The van der Waals surface area contributed by atoms with Gasteiger partial charge in [-0.2, -0.15) is 0 Å². The highest BCUT2D eigenvalue weighted by Gasteiger charge is 2.35. The summed E-state index contributed by atoms with van der Waals surface area (Å²) in [6, 6.07) is 0. The lowest BCUT2D eigenvalue weighted by Gasteiger charge is -2.41. The Bertz CT molecular complexity index is 202. The van der Waals surface area contributed by atoms with E-state index in [2.05, 4.69) is 19.2 Å². The average Bonchev–Trinajstić information content (AvgIpc) is 2.19. The molecule has 1 amide bonds. The molecule has 0 bridgehead atoms. The largest absolute Gasteiger partial charge is 0.355 e. The van der Waals surface area contributed by atoms with Gasteiger partial charge in [0.25, 0.3) is 0 Å². The fraction of sp³-hybridized carbons (Fsp3) is 0.917. The Morgan fingerprint density at radius 1 is 1.40 bits per heavy atom. The number of nitrogens with one attached hydrogen (secondary N) is 1. The number of hydrogen-bond donors (Lipinski definition) is 2. The predicted molar refractivity (Wildman–Crippen MR) is 62.4 cm³/mol. The highest BCUT2D eigenvalue weighted by Crippen LogP contribution is 2.39. The molecule has 3 N–H and O–H groups in total. The van der Waals surface area contributed by atoms with Gasteiger partial charge < -0.3 is 11.1 Å². The molecule has 0 aromatic carbocycles. The summed E-state index contributed by atoms with van der Waals surface area (Å²) in [6.07, 6.45) is 5.47. The van der Waals surface area contributed by atoms with Crippen molar-refractivity contribution in [1.82, 2.24) is 5.32 Å². The number of amides is 1. The number of hydrogen-bond acceptors (Lipinski definition) is 2. The van der Waals surface area contributed by atoms with E-state index in [1.807, 2.05) is 0 Å². The standard InChI is InChI=1S/C12H24N2O/c1-3-10(4-2)11(15)14-9-12(8-13)6-5-7-12/h10H,3-9,13H2,1-2H3,(H,14,15). The molecule has 0 heterocycles. The number of carbonyl (C=O) groups is 1. The van der Waals surface area contributed by atoms with E-state index in [0.29, 0.717) is 6.54 Å². The van der Waals surface area contributed by atoms with Crippen molar-refractivity contribution in [1.29, 1.82) is 0 Å². The zero-order chi connectivity index (χ0) is 11.3. The van der Waals surface area contributed by atoms with Gasteiger partial charge in [0.05, 0.1) is 0 Å². The van der Waals surface area contributed by atoms with Gasteiger partial charge in [-0.1, -0.05) is 20.3 Å². The summed E-state index contributed by atoms with van der Waals surface area (Å²) in [5.74, 6) is 0.389. The summed E-state index contributed by atoms with van der Waals surface area (Å²) >= 11 is 0. The van der Waals surface area contributed by atoms with E-state index in [4.69, 9.17) is 5.73 Å². The molecule has 0 aliphatic heterocycles. The highest BCUT2D eigenvalue weighted by molar-refractivity contribution is 5.78. The second kappa shape index (κ2) is 5.50. The van der Waals surface area contributed by atoms with E-state index < -0.39 is 0 Å². The average molecular weight is 212 g/mol. The van der Waals surface area contributed by atoms with Crippen molar-refractivity contribution < 1.29 is 4.79 Å². The SMILES string of the molecule is CCC(CC)C(=O)NCC1(CN)CCC1. The minimum absolute atomic E-state index is 0.180. The molecule has 0 saturated heterocycles. The summed E-state index contributed by atoms with van der Waals surface area (Å²) in [4.78, 5) is 11.8. The van der Waals surface area contributed by atoms with Crippen molar-refractivity contribution in [2.24, 2.45) is 17.1 Å². The maximum absolute atomic E-state index is 11.8. The van der Waals surface area contributed by atoms with E-state index in [-0.39, 0.29) is 17.2 Å². The number of carbonyl (C=O) groups excluding carboxylic acids is 1. The van der Waals surface area contributed by atoms with Crippen LogP contribution in [0.3, 0.4) is 0 Å². The molecular formula is C12H24N2O. The molecule has 0 radical (unpaired) electrons. The second-order valence-electron chi connectivity index (χ2n) is 4.79. The molecule has 1 aliphatic carbocycles. The minimum atomic E-state index is 0.180. The normalized spacial score (nSPS) is 18.7. The molecule has 1 saturated carbocycles. The predicted octanol–water partition coefficient (Wildman–Crippen LogP) is 1.67. The molecular weight excluding hydrogens is 188 g/mol. The van der Waals surface area contributed by atoms with Crippen LogP contribution in [0.25, 0.3) is 0 Å². The van der Waals surface area contributed by atoms with Gasteiger partial charge in [0.1, 0.15) is 0 Å². The zero-order valence-corrected chi connectivity index (χ0v) is 10.0. The summed E-state index contributed by atoms with van der Waals surface area (Å²) in [5.41, 5.74) is 5.97. The Labute approximate surface area is 92.8 Å². The van der Waals surface area contributed by atoms with Gasteiger partial charge in [-0.15, -0.1) is 0 Å². The van der Waals surface area contributed by atoms with Gasteiger partial charge in [-0.3, -0.25) is 4.79 Å².